The Kier molecular flexibility index (Phi) is 4.48. The first kappa shape index (κ1) is 17.4. The van der Waals surface area contributed by atoms with E-state index in [9.17, 15) is 18.4 Å². The Labute approximate surface area is 155 Å². The zero-order valence-corrected chi connectivity index (χ0v) is 14.6. The van der Waals surface area contributed by atoms with Gasteiger partial charge in [0.2, 0.25) is 0 Å². The summed E-state index contributed by atoms with van der Waals surface area (Å²) in [6.45, 7) is 1.31. The third-order valence-corrected chi connectivity index (χ3v) is 4.96. The molecule has 2 aromatic rings. The zero-order chi connectivity index (χ0) is 19.0. The normalized spacial score (nSPS) is 17.9. The Morgan fingerprint density at radius 1 is 0.778 bits per heavy atom. The van der Waals surface area contributed by atoms with Gasteiger partial charge >= 0.3 is 0 Å². The van der Waals surface area contributed by atoms with Crippen molar-refractivity contribution in [2.75, 3.05) is 18.0 Å². The lowest BCUT2D eigenvalue weighted by atomic mass is 10.0. The predicted octanol–water partition coefficient (Wildman–Crippen LogP) is 3.74. The van der Waals surface area contributed by atoms with Gasteiger partial charge in [0.25, 0.3) is 11.8 Å². The summed E-state index contributed by atoms with van der Waals surface area (Å²) >= 11 is 0. The van der Waals surface area contributed by atoms with Crippen molar-refractivity contribution in [2.45, 2.75) is 19.3 Å². The Bertz CT molecular complexity index is 931. The van der Waals surface area contributed by atoms with Crippen molar-refractivity contribution in [3.8, 4) is 0 Å². The van der Waals surface area contributed by atoms with Crippen molar-refractivity contribution in [1.82, 2.24) is 4.90 Å². The van der Waals surface area contributed by atoms with E-state index in [1.165, 1.54) is 42.5 Å². The zero-order valence-electron chi connectivity index (χ0n) is 14.6. The first-order valence-corrected chi connectivity index (χ1v) is 8.96. The fourth-order valence-corrected chi connectivity index (χ4v) is 3.66. The summed E-state index contributed by atoms with van der Waals surface area (Å²) in [6.07, 6.45) is 2.90. The molecule has 0 N–H and O–H groups in total. The van der Waals surface area contributed by atoms with Crippen LogP contribution in [-0.2, 0) is 9.59 Å². The average molecular weight is 368 g/mol. The molecule has 2 aliphatic rings. The average Bonchev–Trinajstić information content (AvgIpc) is 2.94. The highest BCUT2D eigenvalue weighted by molar-refractivity contribution is 6.45. The first-order chi connectivity index (χ1) is 13.1. The third-order valence-electron chi connectivity index (χ3n) is 4.96. The van der Waals surface area contributed by atoms with Crippen LogP contribution in [0.25, 0.3) is 5.57 Å². The second kappa shape index (κ2) is 6.95. The Morgan fingerprint density at radius 3 is 2.11 bits per heavy atom. The van der Waals surface area contributed by atoms with E-state index in [4.69, 9.17) is 0 Å². The summed E-state index contributed by atoms with van der Waals surface area (Å²) in [4.78, 5) is 29.1. The highest BCUT2D eigenvalue weighted by atomic mass is 19.1. The minimum Gasteiger partial charge on any atom is -0.366 e. The summed E-state index contributed by atoms with van der Waals surface area (Å²) in [7, 11) is 0. The molecule has 2 aliphatic heterocycles. The summed E-state index contributed by atoms with van der Waals surface area (Å²) in [6, 6.07) is 11.2. The summed E-state index contributed by atoms with van der Waals surface area (Å²) in [5.41, 5.74) is 0.855. The number of imide groups is 1. The molecule has 0 aromatic heterocycles. The number of para-hydroxylation sites is 1. The van der Waals surface area contributed by atoms with Gasteiger partial charge in [0.1, 0.15) is 17.3 Å². The monoisotopic (exact) mass is 368 g/mol. The fraction of sp³-hybridized carbons (Fsp3) is 0.238. The first-order valence-electron chi connectivity index (χ1n) is 8.96. The number of rotatable bonds is 3. The number of carbonyl (C=O) groups excluding carboxylic acids is 2. The van der Waals surface area contributed by atoms with Crippen molar-refractivity contribution < 1.29 is 18.4 Å². The van der Waals surface area contributed by atoms with Crippen LogP contribution in [0.2, 0.25) is 0 Å². The predicted molar refractivity (Wildman–Crippen MR) is 97.6 cm³/mol. The van der Waals surface area contributed by atoms with Crippen LogP contribution < -0.4 is 4.90 Å². The van der Waals surface area contributed by atoms with Crippen LogP contribution in [0.1, 0.15) is 24.8 Å². The number of hydrogen-bond acceptors (Lipinski definition) is 3. The SMILES string of the molecule is O=C1C(c2ccc(F)cc2)=C(N2CCCCC2)C(=O)N1c1ccccc1F. The third kappa shape index (κ3) is 3.01. The van der Waals surface area contributed by atoms with Gasteiger partial charge in [-0.2, -0.15) is 0 Å². The van der Waals surface area contributed by atoms with Gasteiger partial charge in [0.15, 0.2) is 0 Å². The van der Waals surface area contributed by atoms with Gasteiger partial charge in [-0.25, -0.2) is 13.7 Å². The van der Waals surface area contributed by atoms with Gasteiger partial charge in [-0.15, -0.1) is 0 Å². The van der Waals surface area contributed by atoms with Gasteiger partial charge < -0.3 is 4.90 Å². The van der Waals surface area contributed by atoms with Crippen LogP contribution in [0, 0.1) is 11.6 Å². The Morgan fingerprint density at radius 2 is 1.44 bits per heavy atom. The largest absolute Gasteiger partial charge is 0.366 e. The number of benzene rings is 2. The molecule has 2 heterocycles. The van der Waals surface area contributed by atoms with Crippen LogP contribution in [0.4, 0.5) is 14.5 Å². The minimum absolute atomic E-state index is 0.0703. The molecule has 6 heteroatoms. The summed E-state index contributed by atoms with van der Waals surface area (Å²) in [5, 5.41) is 0. The molecule has 1 saturated heterocycles. The standard InChI is InChI=1S/C21H18F2N2O2/c22-15-10-8-14(9-11-15)18-19(24-12-4-1-5-13-24)21(27)25(20(18)26)17-7-3-2-6-16(17)23/h2-3,6-11H,1,4-5,12-13H2. The van der Waals surface area contributed by atoms with Gasteiger partial charge in [-0.3, -0.25) is 9.59 Å². The van der Waals surface area contributed by atoms with E-state index in [0.29, 0.717) is 18.7 Å². The van der Waals surface area contributed by atoms with Crippen molar-refractivity contribution >= 4 is 23.1 Å². The summed E-state index contributed by atoms with van der Waals surface area (Å²) < 4.78 is 27.7. The molecule has 2 aromatic carbocycles. The Hall–Kier alpha value is -3.02. The summed E-state index contributed by atoms with van der Waals surface area (Å²) in [5.74, 6) is -2.19. The highest BCUT2D eigenvalue weighted by Crippen LogP contribution is 2.36. The van der Waals surface area contributed by atoms with Gasteiger partial charge in [0, 0.05) is 13.1 Å². The fourth-order valence-electron chi connectivity index (χ4n) is 3.66. The van der Waals surface area contributed by atoms with Crippen LogP contribution in [0.15, 0.2) is 54.2 Å². The van der Waals surface area contributed by atoms with Crippen molar-refractivity contribution in [3.63, 3.8) is 0 Å². The van der Waals surface area contributed by atoms with Crippen LogP contribution in [-0.4, -0.2) is 29.8 Å². The van der Waals surface area contributed by atoms with E-state index >= 15 is 0 Å². The maximum atomic E-state index is 14.3. The number of halogens is 2. The topological polar surface area (TPSA) is 40.6 Å². The van der Waals surface area contributed by atoms with Crippen LogP contribution in [0.3, 0.4) is 0 Å². The molecule has 0 radical (unpaired) electrons. The number of likely N-dealkylation sites (tertiary alicyclic amines) is 1. The van der Waals surface area contributed by atoms with E-state index in [2.05, 4.69) is 0 Å². The Balaban J connectivity index is 1.84. The number of piperidine rings is 1. The van der Waals surface area contributed by atoms with Crippen LogP contribution >= 0.6 is 0 Å². The van der Waals surface area contributed by atoms with E-state index in [0.717, 1.165) is 24.2 Å². The molecule has 0 aliphatic carbocycles. The molecule has 2 amide bonds. The molecule has 0 unspecified atom stereocenters. The quantitative estimate of drug-likeness (QED) is 0.775. The van der Waals surface area contributed by atoms with Gasteiger partial charge in [-0.1, -0.05) is 24.3 Å². The molecule has 138 valence electrons. The number of carbonyl (C=O) groups is 2. The number of hydrogen-bond donors (Lipinski definition) is 0. The van der Waals surface area contributed by atoms with E-state index in [1.54, 1.807) is 6.07 Å². The molecule has 0 saturated carbocycles. The maximum absolute atomic E-state index is 14.3. The van der Waals surface area contributed by atoms with E-state index < -0.39 is 23.4 Å². The highest BCUT2D eigenvalue weighted by Gasteiger charge is 2.43. The number of amides is 2. The van der Waals surface area contributed by atoms with Crippen molar-refractivity contribution in [3.05, 3.63) is 71.4 Å². The van der Waals surface area contributed by atoms with Crippen molar-refractivity contribution in [1.29, 1.82) is 0 Å². The van der Waals surface area contributed by atoms with Crippen LogP contribution in [0.5, 0.6) is 0 Å². The van der Waals surface area contributed by atoms with Gasteiger partial charge in [0.05, 0.1) is 11.3 Å². The molecule has 27 heavy (non-hydrogen) atoms. The molecule has 4 rings (SSSR count). The number of anilines is 1. The van der Waals surface area contributed by atoms with Gasteiger partial charge in [-0.05, 0) is 49.1 Å². The molecule has 0 spiro atoms. The lowest BCUT2D eigenvalue weighted by Crippen LogP contribution is -2.37. The van der Waals surface area contributed by atoms with Crippen molar-refractivity contribution in [2.24, 2.45) is 0 Å². The molecule has 0 atom stereocenters. The second-order valence-corrected chi connectivity index (χ2v) is 6.68. The molecule has 1 fully saturated rings. The number of nitrogens with zero attached hydrogens (tertiary/aromatic N) is 2. The molecular weight excluding hydrogens is 350 g/mol. The maximum Gasteiger partial charge on any atom is 0.282 e. The molecule has 0 bridgehead atoms. The molecule has 4 nitrogen and oxygen atoms in total. The minimum atomic E-state index is -0.641. The smallest absolute Gasteiger partial charge is 0.282 e. The lowest BCUT2D eigenvalue weighted by Gasteiger charge is -2.29. The lowest BCUT2D eigenvalue weighted by molar-refractivity contribution is -0.120. The van der Waals surface area contributed by atoms with E-state index in [1.807, 2.05) is 4.90 Å². The van der Waals surface area contributed by atoms with E-state index in [-0.39, 0.29) is 17.0 Å². The molecular formula is C21H18F2N2O2. The second-order valence-electron chi connectivity index (χ2n) is 6.68.